The van der Waals surface area contributed by atoms with Gasteiger partial charge < -0.3 is 5.11 Å². The molecule has 0 spiro atoms. The lowest BCUT2D eigenvalue weighted by molar-refractivity contribution is 0.171. The molecule has 0 bridgehead atoms. The van der Waals surface area contributed by atoms with E-state index in [4.69, 9.17) is 0 Å². The van der Waals surface area contributed by atoms with Gasteiger partial charge >= 0.3 is 0 Å². The summed E-state index contributed by atoms with van der Waals surface area (Å²) in [6, 6.07) is 10.5. The number of hydrogen-bond acceptors (Lipinski definition) is 1. The lowest BCUT2D eigenvalue weighted by Crippen LogP contribution is -2.19. The van der Waals surface area contributed by atoms with E-state index in [1.54, 1.807) is 0 Å². The molecule has 0 aromatic heterocycles. The summed E-state index contributed by atoms with van der Waals surface area (Å²) in [6.07, 6.45) is 1.69. The summed E-state index contributed by atoms with van der Waals surface area (Å²) >= 11 is 0. The number of benzene rings is 1. The first-order valence-electron chi connectivity index (χ1n) is 5.26. The van der Waals surface area contributed by atoms with Crippen molar-refractivity contribution in [2.45, 2.75) is 45.1 Å². The Hall–Kier alpha value is -0.820. The lowest BCUT2D eigenvalue weighted by atomic mass is 9.80. The van der Waals surface area contributed by atoms with Crippen molar-refractivity contribution in [3.8, 4) is 0 Å². The fourth-order valence-corrected chi connectivity index (χ4v) is 1.60. The molecule has 1 nitrogen and oxygen atoms in total. The van der Waals surface area contributed by atoms with Crippen LogP contribution >= 0.6 is 0 Å². The summed E-state index contributed by atoms with van der Waals surface area (Å²) in [6.45, 7) is 6.30. The summed E-state index contributed by atoms with van der Waals surface area (Å²) in [5.41, 5.74) is 1.51. The maximum atomic E-state index is 9.26. The number of aliphatic hydroxyl groups excluding tert-OH is 1. The Labute approximate surface area is 86.8 Å². The second-order valence-electron chi connectivity index (χ2n) is 4.64. The van der Waals surface area contributed by atoms with E-state index < -0.39 is 0 Å². The minimum atomic E-state index is -0.196. The van der Waals surface area contributed by atoms with Crippen LogP contribution in [0.2, 0.25) is 0 Å². The standard InChI is InChI=1S/C13H20O/c1-11(14)9-10-13(2,3)12-7-5-4-6-8-12/h4-8,11,14H,9-10H2,1-3H3. The van der Waals surface area contributed by atoms with Crippen molar-refractivity contribution in [3.05, 3.63) is 35.9 Å². The molecule has 78 valence electrons. The number of rotatable bonds is 4. The minimum absolute atomic E-state index is 0.165. The third-order valence-corrected chi connectivity index (χ3v) is 2.74. The van der Waals surface area contributed by atoms with Gasteiger partial charge in [-0.05, 0) is 30.7 Å². The summed E-state index contributed by atoms with van der Waals surface area (Å²) in [5, 5.41) is 9.26. The highest BCUT2D eigenvalue weighted by molar-refractivity contribution is 5.23. The summed E-state index contributed by atoms with van der Waals surface area (Å²) < 4.78 is 0. The quantitative estimate of drug-likeness (QED) is 0.777. The van der Waals surface area contributed by atoms with Gasteiger partial charge in [-0.25, -0.2) is 0 Å². The van der Waals surface area contributed by atoms with Gasteiger partial charge in [0.1, 0.15) is 0 Å². The van der Waals surface area contributed by atoms with Crippen molar-refractivity contribution in [2.24, 2.45) is 0 Å². The molecule has 1 N–H and O–H groups in total. The van der Waals surface area contributed by atoms with E-state index in [2.05, 4.69) is 38.1 Å². The molecular formula is C13H20O. The highest BCUT2D eigenvalue weighted by Crippen LogP contribution is 2.28. The molecule has 1 aromatic carbocycles. The molecule has 0 heterocycles. The molecule has 0 radical (unpaired) electrons. The van der Waals surface area contributed by atoms with Gasteiger partial charge in [0.15, 0.2) is 0 Å². The average molecular weight is 192 g/mol. The Morgan fingerprint density at radius 1 is 1.21 bits per heavy atom. The largest absolute Gasteiger partial charge is 0.393 e. The first-order chi connectivity index (χ1) is 6.52. The Bertz CT molecular complexity index is 262. The molecule has 0 aliphatic heterocycles. The summed E-state index contributed by atoms with van der Waals surface area (Å²) in [7, 11) is 0. The summed E-state index contributed by atoms with van der Waals surface area (Å²) in [4.78, 5) is 0. The molecule has 1 aromatic rings. The van der Waals surface area contributed by atoms with E-state index >= 15 is 0 Å². The van der Waals surface area contributed by atoms with Crippen molar-refractivity contribution >= 4 is 0 Å². The van der Waals surface area contributed by atoms with Gasteiger partial charge in [-0.3, -0.25) is 0 Å². The highest BCUT2D eigenvalue weighted by atomic mass is 16.3. The monoisotopic (exact) mass is 192 g/mol. The van der Waals surface area contributed by atoms with Crippen LogP contribution in [0, 0.1) is 0 Å². The van der Waals surface area contributed by atoms with Crippen LogP contribution in [0.15, 0.2) is 30.3 Å². The van der Waals surface area contributed by atoms with E-state index in [1.807, 2.05) is 13.0 Å². The first-order valence-corrected chi connectivity index (χ1v) is 5.26. The Kier molecular flexibility index (Phi) is 3.70. The van der Waals surface area contributed by atoms with E-state index in [9.17, 15) is 5.11 Å². The third-order valence-electron chi connectivity index (χ3n) is 2.74. The normalized spacial score (nSPS) is 14.0. The molecule has 0 amide bonds. The zero-order valence-electron chi connectivity index (χ0n) is 9.33. The number of hydrogen-bond donors (Lipinski definition) is 1. The zero-order chi connectivity index (χ0) is 10.6. The Balaban J connectivity index is 2.66. The second-order valence-corrected chi connectivity index (χ2v) is 4.64. The highest BCUT2D eigenvalue weighted by Gasteiger charge is 2.20. The average Bonchev–Trinajstić information content (AvgIpc) is 2.16. The van der Waals surface area contributed by atoms with Crippen molar-refractivity contribution in [3.63, 3.8) is 0 Å². The van der Waals surface area contributed by atoms with Gasteiger partial charge in [0.25, 0.3) is 0 Å². The third kappa shape index (κ3) is 3.15. The van der Waals surface area contributed by atoms with Crippen LogP contribution in [0.1, 0.15) is 39.2 Å². The fourth-order valence-electron chi connectivity index (χ4n) is 1.60. The maximum Gasteiger partial charge on any atom is 0.0512 e. The second kappa shape index (κ2) is 4.61. The van der Waals surface area contributed by atoms with Crippen LogP contribution in [0.3, 0.4) is 0 Å². The number of aliphatic hydroxyl groups is 1. The van der Waals surface area contributed by atoms with E-state index in [0.29, 0.717) is 0 Å². The zero-order valence-corrected chi connectivity index (χ0v) is 9.33. The molecule has 0 fully saturated rings. The molecule has 0 saturated heterocycles. The molecule has 1 unspecified atom stereocenters. The van der Waals surface area contributed by atoms with Crippen LogP contribution in [0.4, 0.5) is 0 Å². The van der Waals surface area contributed by atoms with Crippen LogP contribution in [-0.2, 0) is 5.41 Å². The molecule has 0 aliphatic rings. The summed E-state index contributed by atoms with van der Waals surface area (Å²) in [5.74, 6) is 0. The van der Waals surface area contributed by atoms with E-state index in [-0.39, 0.29) is 11.5 Å². The first kappa shape index (κ1) is 11.3. The molecule has 14 heavy (non-hydrogen) atoms. The fraction of sp³-hybridized carbons (Fsp3) is 0.538. The van der Waals surface area contributed by atoms with E-state index in [1.165, 1.54) is 5.56 Å². The van der Waals surface area contributed by atoms with Crippen molar-refractivity contribution in [1.82, 2.24) is 0 Å². The van der Waals surface area contributed by atoms with E-state index in [0.717, 1.165) is 12.8 Å². The van der Waals surface area contributed by atoms with Gasteiger partial charge in [0, 0.05) is 0 Å². The molecular weight excluding hydrogens is 172 g/mol. The van der Waals surface area contributed by atoms with Crippen molar-refractivity contribution < 1.29 is 5.11 Å². The predicted octanol–water partition coefficient (Wildman–Crippen LogP) is 3.13. The Morgan fingerprint density at radius 3 is 2.29 bits per heavy atom. The maximum absolute atomic E-state index is 9.26. The lowest BCUT2D eigenvalue weighted by Gasteiger charge is -2.25. The Morgan fingerprint density at radius 2 is 1.79 bits per heavy atom. The molecule has 1 heteroatoms. The van der Waals surface area contributed by atoms with Crippen LogP contribution in [-0.4, -0.2) is 11.2 Å². The van der Waals surface area contributed by atoms with Crippen LogP contribution in [0.25, 0.3) is 0 Å². The van der Waals surface area contributed by atoms with Gasteiger partial charge in [0.05, 0.1) is 6.10 Å². The molecule has 0 aliphatic carbocycles. The van der Waals surface area contributed by atoms with Gasteiger partial charge in [0.2, 0.25) is 0 Å². The van der Waals surface area contributed by atoms with Crippen LogP contribution in [0.5, 0.6) is 0 Å². The predicted molar refractivity (Wildman–Crippen MR) is 60.4 cm³/mol. The molecule has 1 rings (SSSR count). The van der Waals surface area contributed by atoms with Gasteiger partial charge in [-0.15, -0.1) is 0 Å². The smallest absolute Gasteiger partial charge is 0.0512 e. The van der Waals surface area contributed by atoms with Crippen molar-refractivity contribution in [2.75, 3.05) is 0 Å². The topological polar surface area (TPSA) is 20.2 Å². The molecule has 1 atom stereocenters. The SMILES string of the molecule is CC(O)CCC(C)(C)c1ccccc1. The van der Waals surface area contributed by atoms with Gasteiger partial charge in [-0.2, -0.15) is 0 Å². The molecule has 0 saturated carbocycles. The van der Waals surface area contributed by atoms with Crippen LogP contribution < -0.4 is 0 Å². The van der Waals surface area contributed by atoms with Gasteiger partial charge in [-0.1, -0.05) is 44.2 Å². The van der Waals surface area contributed by atoms with Crippen molar-refractivity contribution in [1.29, 1.82) is 0 Å². The minimum Gasteiger partial charge on any atom is -0.393 e.